The lowest BCUT2D eigenvalue weighted by Crippen LogP contribution is -2.47. The lowest BCUT2D eigenvalue weighted by Gasteiger charge is -2.25. The van der Waals surface area contributed by atoms with Crippen molar-refractivity contribution in [2.45, 2.75) is 58.7 Å². The summed E-state index contributed by atoms with van der Waals surface area (Å²) in [5, 5.41) is 4.59. The van der Waals surface area contributed by atoms with E-state index in [4.69, 9.17) is 10.6 Å². The van der Waals surface area contributed by atoms with Gasteiger partial charge in [-0.2, -0.15) is 5.10 Å². The predicted molar refractivity (Wildman–Crippen MR) is 75.6 cm³/mol. The number of ether oxygens (including phenoxy) is 1. The van der Waals surface area contributed by atoms with Gasteiger partial charge in [0.1, 0.15) is 0 Å². The normalized spacial score (nSPS) is 24.8. The second-order valence-electron chi connectivity index (χ2n) is 5.37. The summed E-state index contributed by atoms with van der Waals surface area (Å²) in [5.74, 6) is 6.29. The highest BCUT2D eigenvalue weighted by molar-refractivity contribution is 5.12. The van der Waals surface area contributed by atoms with Gasteiger partial charge < -0.3 is 4.74 Å². The van der Waals surface area contributed by atoms with Crippen molar-refractivity contribution in [3.05, 3.63) is 17.5 Å². The molecule has 0 radical (unpaired) electrons. The molecule has 1 fully saturated rings. The molecule has 2 rings (SSSR count). The van der Waals surface area contributed by atoms with Crippen LogP contribution in [0, 0.1) is 5.92 Å². The number of hydrogen-bond acceptors (Lipinski definition) is 4. The Morgan fingerprint density at radius 2 is 2.37 bits per heavy atom. The third-order valence-corrected chi connectivity index (χ3v) is 4.06. The number of hydrazine groups is 1. The number of nitrogens with two attached hydrogens (primary N) is 1. The predicted octanol–water partition coefficient (Wildman–Crippen LogP) is 1.26. The molecule has 3 atom stereocenters. The number of aryl methyl sites for hydroxylation is 2. The van der Waals surface area contributed by atoms with Gasteiger partial charge in [-0.15, -0.1) is 0 Å². The molecule has 2 heterocycles. The van der Waals surface area contributed by atoms with Crippen molar-refractivity contribution in [2.75, 3.05) is 6.61 Å². The van der Waals surface area contributed by atoms with E-state index in [1.54, 1.807) is 0 Å². The Balaban J connectivity index is 2.11. The van der Waals surface area contributed by atoms with Crippen LogP contribution in [-0.4, -0.2) is 28.5 Å². The third-order valence-electron chi connectivity index (χ3n) is 4.06. The van der Waals surface area contributed by atoms with Crippen molar-refractivity contribution < 1.29 is 4.74 Å². The SMILES string of the molecule is CCc1cc(CC(NN)C2OCCC2C)n(CC)n1. The van der Waals surface area contributed by atoms with Crippen LogP contribution in [0.5, 0.6) is 0 Å². The van der Waals surface area contributed by atoms with Gasteiger partial charge >= 0.3 is 0 Å². The fraction of sp³-hybridized carbons (Fsp3) is 0.786. The second kappa shape index (κ2) is 6.50. The highest BCUT2D eigenvalue weighted by Crippen LogP contribution is 2.24. The highest BCUT2D eigenvalue weighted by Gasteiger charge is 2.32. The molecule has 0 spiro atoms. The lowest BCUT2D eigenvalue weighted by molar-refractivity contribution is 0.0604. The van der Waals surface area contributed by atoms with Gasteiger partial charge in [-0.3, -0.25) is 16.0 Å². The molecule has 5 heteroatoms. The van der Waals surface area contributed by atoms with Gasteiger partial charge in [0.15, 0.2) is 0 Å². The van der Waals surface area contributed by atoms with Gasteiger partial charge in [-0.05, 0) is 31.7 Å². The van der Waals surface area contributed by atoms with Crippen LogP contribution in [0.2, 0.25) is 0 Å². The Kier molecular flexibility index (Phi) is 4.96. The quantitative estimate of drug-likeness (QED) is 0.601. The molecule has 0 amide bonds. The number of nitrogens with zero attached hydrogens (tertiary/aromatic N) is 2. The van der Waals surface area contributed by atoms with Crippen molar-refractivity contribution in [3.8, 4) is 0 Å². The Morgan fingerprint density at radius 3 is 2.89 bits per heavy atom. The summed E-state index contributed by atoms with van der Waals surface area (Å²) in [7, 11) is 0. The zero-order valence-corrected chi connectivity index (χ0v) is 12.2. The van der Waals surface area contributed by atoms with Crippen LogP contribution in [0.15, 0.2) is 6.07 Å². The molecule has 1 aromatic heterocycles. The van der Waals surface area contributed by atoms with Crippen LogP contribution < -0.4 is 11.3 Å². The van der Waals surface area contributed by atoms with E-state index in [1.807, 2.05) is 0 Å². The van der Waals surface area contributed by atoms with E-state index in [0.717, 1.165) is 38.1 Å². The van der Waals surface area contributed by atoms with Gasteiger partial charge in [-0.1, -0.05) is 13.8 Å². The van der Waals surface area contributed by atoms with E-state index in [2.05, 4.69) is 42.0 Å². The van der Waals surface area contributed by atoms with Gasteiger partial charge in [-0.25, -0.2) is 0 Å². The van der Waals surface area contributed by atoms with Crippen molar-refractivity contribution in [2.24, 2.45) is 11.8 Å². The molecule has 1 aliphatic rings. The maximum atomic E-state index is 5.82. The largest absolute Gasteiger partial charge is 0.376 e. The summed E-state index contributed by atoms with van der Waals surface area (Å²) in [5.41, 5.74) is 5.32. The molecular weight excluding hydrogens is 240 g/mol. The first-order valence-electron chi connectivity index (χ1n) is 7.32. The maximum absolute atomic E-state index is 5.82. The summed E-state index contributed by atoms with van der Waals surface area (Å²) >= 11 is 0. The Labute approximate surface area is 115 Å². The molecule has 0 bridgehead atoms. The van der Waals surface area contributed by atoms with E-state index in [-0.39, 0.29) is 12.1 Å². The maximum Gasteiger partial charge on any atom is 0.0771 e. The van der Waals surface area contributed by atoms with E-state index in [9.17, 15) is 0 Å². The first-order valence-corrected chi connectivity index (χ1v) is 7.32. The molecule has 0 saturated carbocycles. The Hall–Kier alpha value is -0.910. The molecule has 0 aliphatic carbocycles. The van der Waals surface area contributed by atoms with E-state index in [1.165, 1.54) is 5.69 Å². The fourth-order valence-electron chi connectivity index (χ4n) is 2.85. The second-order valence-corrected chi connectivity index (χ2v) is 5.37. The molecule has 1 saturated heterocycles. The zero-order valence-electron chi connectivity index (χ0n) is 12.2. The number of nitrogens with one attached hydrogen (secondary N) is 1. The Morgan fingerprint density at radius 1 is 1.58 bits per heavy atom. The van der Waals surface area contributed by atoms with Crippen LogP contribution in [0.1, 0.15) is 38.6 Å². The molecule has 0 aromatic carbocycles. The molecule has 1 aromatic rings. The monoisotopic (exact) mass is 266 g/mol. The lowest BCUT2D eigenvalue weighted by atomic mass is 9.95. The van der Waals surface area contributed by atoms with Crippen molar-refractivity contribution in [1.29, 1.82) is 0 Å². The van der Waals surface area contributed by atoms with Gasteiger partial charge in [0.05, 0.1) is 17.8 Å². The average Bonchev–Trinajstić information content (AvgIpc) is 3.01. The van der Waals surface area contributed by atoms with Crippen molar-refractivity contribution in [3.63, 3.8) is 0 Å². The first kappa shape index (κ1) is 14.5. The van der Waals surface area contributed by atoms with E-state index >= 15 is 0 Å². The molecule has 5 nitrogen and oxygen atoms in total. The van der Waals surface area contributed by atoms with E-state index < -0.39 is 0 Å². The summed E-state index contributed by atoms with van der Waals surface area (Å²) < 4.78 is 7.90. The average molecular weight is 266 g/mol. The zero-order chi connectivity index (χ0) is 13.8. The van der Waals surface area contributed by atoms with Crippen LogP contribution in [0.25, 0.3) is 0 Å². The van der Waals surface area contributed by atoms with Gasteiger partial charge in [0, 0.05) is 25.3 Å². The summed E-state index contributed by atoms with van der Waals surface area (Å²) in [6, 6.07) is 2.34. The molecule has 3 N–H and O–H groups in total. The van der Waals surface area contributed by atoms with Crippen LogP contribution >= 0.6 is 0 Å². The van der Waals surface area contributed by atoms with Crippen LogP contribution in [0.3, 0.4) is 0 Å². The fourth-order valence-corrected chi connectivity index (χ4v) is 2.85. The Bertz CT molecular complexity index is 404. The standard InChI is InChI=1S/C14H26N4O/c1-4-11-8-12(18(5-2)17-11)9-13(16-15)14-10(3)6-7-19-14/h8,10,13-14,16H,4-7,9,15H2,1-3H3. The summed E-state index contributed by atoms with van der Waals surface area (Å²) in [6.45, 7) is 8.23. The molecule has 1 aliphatic heterocycles. The topological polar surface area (TPSA) is 65.1 Å². The first-order chi connectivity index (χ1) is 9.19. The number of hydrogen-bond donors (Lipinski definition) is 2. The van der Waals surface area contributed by atoms with Crippen LogP contribution in [0.4, 0.5) is 0 Å². The molecule has 108 valence electrons. The highest BCUT2D eigenvalue weighted by atomic mass is 16.5. The van der Waals surface area contributed by atoms with Crippen molar-refractivity contribution >= 4 is 0 Å². The summed E-state index contributed by atoms with van der Waals surface area (Å²) in [4.78, 5) is 0. The minimum atomic E-state index is 0.157. The van der Waals surface area contributed by atoms with Gasteiger partial charge in [0.2, 0.25) is 0 Å². The van der Waals surface area contributed by atoms with Crippen LogP contribution in [-0.2, 0) is 24.1 Å². The molecule has 19 heavy (non-hydrogen) atoms. The van der Waals surface area contributed by atoms with E-state index in [0.29, 0.717) is 5.92 Å². The minimum absolute atomic E-state index is 0.157. The minimum Gasteiger partial charge on any atom is -0.376 e. The third kappa shape index (κ3) is 3.16. The molecule has 3 unspecified atom stereocenters. The van der Waals surface area contributed by atoms with Gasteiger partial charge in [0.25, 0.3) is 0 Å². The molecular formula is C14H26N4O. The smallest absolute Gasteiger partial charge is 0.0771 e. The number of rotatable bonds is 6. The van der Waals surface area contributed by atoms with Crippen molar-refractivity contribution in [1.82, 2.24) is 15.2 Å². The number of aromatic nitrogens is 2. The summed E-state index contributed by atoms with van der Waals surface area (Å²) in [6.07, 6.45) is 3.16.